The van der Waals surface area contributed by atoms with Crippen LogP contribution in [0.4, 0.5) is 0 Å². The first-order valence-electron chi connectivity index (χ1n) is 5.63. The van der Waals surface area contributed by atoms with E-state index in [0.29, 0.717) is 5.92 Å². The van der Waals surface area contributed by atoms with Gasteiger partial charge in [-0.25, -0.2) is 0 Å². The molecule has 0 saturated carbocycles. The first kappa shape index (κ1) is 13.9. The molecule has 2 N–H and O–H groups in total. The number of hydrogen-bond acceptors (Lipinski definition) is 3. The fourth-order valence-corrected chi connectivity index (χ4v) is 1.49. The van der Waals surface area contributed by atoms with Crippen molar-refractivity contribution in [3.8, 4) is 0 Å². The summed E-state index contributed by atoms with van der Waals surface area (Å²) < 4.78 is 0. The highest BCUT2D eigenvalue weighted by Crippen LogP contribution is 1.99. The molecule has 0 aliphatic rings. The lowest BCUT2D eigenvalue weighted by molar-refractivity contribution is 0.159. The fourth-order valence-electron chi connectivity index (χ4n) is 1.49. The Hall–Kier alpha value is -0.120. The van der Waals surface area contributed by atoms with Gasteiger partial charge in [0.05, 0.1) is 6.10 Å². The fraction of sp³-hybridized carbons (Fsp3) is 1.00. The predicted octanol–water partition coefficient (Wildman–Crippen LogP) is 0.935. The van der Waals surface area contributed by atoms with E-state index < -0.39 is 0 Å². The number of hydrogen-bond donors (Lipinski definition) is 2. The molecule has 0 radical (unpaired) electrons. The molecule has 0 aromatic carbocycles. The van der Waals surface area contributed by atoms with Crippen LogP contribution in [0.3, 0.4) is 0 Å². The monoisotopic (exact) mass is 202 g/mol. The van der Waals surface area contributed by atoms with Crippen molar-refractivity contribution in [1.29, 1.82) is 0 Å². The third kappa shape index (κ3) is 8.48. The van der Waals surface area contributed by atoms with Gasteiger partial charge in [-0.05, 0) is 39.4 Å². The number of nitrogens with zero attached hydrogens (tertiary/aromatic N) is 1. The predicted molar refractivity (Wildman–Crippen MR) is 61.5 cm³/mol. The van der Waals surface area contributed by atoms with Crippen LogP contribution in [0, 0.1) is 5.92 Å². The highest BCUT2D eigenvalue weighted by molar-refractivity contribution is 4.62. The molecule has 0 fully saturated rings. The Balaban J connectivity index is 3.44. The highest BCUT2D eigenvalue weighted by Gasteiger charge is 2.06. The summed E-state index contributed by atoms with van der Waals surface area (Å²) in [6, 6.07) is 0. The molecular formula is C11H26N2O. The molecule has 0 saturated heterocycles. The van der Waals surface area contributed by atoms with E-state index in [2.05, 4.69) is 31.1 Å². The van der Waals surface area contributed by atoms with Crippen LogP contribution in [0.1, 0.15) is 27.2 Å². The van der Waals surface area contributed by atoms with Gasteiger partial charge in [-0.3, -0.25) is 0 Å². The second-order valence-electron chi connectivity index (χ2n) is 4.31. The van der Waals surface area contributed by atoms with E-state index in [1.165, 1.54) is 0 Å². The van der Waals surface area contributed by atoms with Crippen molar-refractivity contribution in [2.24, 2.45) is 5.92 Å². The van der Waals surface area contributed by atoms with E-state index in [-0.39, 0.29) is 6.10 Å². The van der Waals surface area contributed by atoms with Gasteiger partial charge in [0.1, 0.15) is 0 Å². The van der Waals surface area contributed by atoms with Gasteiger partial charge in [0.2, 0.25) is 0 Å². The third-order valence-electron chi connectivity index (χ3n) is 2.29. The highest BCUT2D eigenvalue weighted by atomic mass is 16.3. The van der Waals surface area contributed by atoms with E-state index in [1.807, 2.05) is 6.92 Å². The van der Waals surface area contributed by atoms with Crippen LogP contribution in [0.2, 0.25) is 0 Å². The maximum Gasteiger partial charge on any atom is 0.0524 e. The first-order chi connectivity index (χ1) is 6.56. The maximum absolute atomic E-state index is 9.14. The van der Waals surface area contributed by atoms with E-state index in [4.69, 9.17) is 5.11 Å². The second-order valence-corrected chi connectivity index (χ2v) is 4.31. The van der Waals surface area contributed by atoms with Gasteiger partial charge >= 0.3 is 0 Å². The van der Waals surface area contributed by atoms with Gasteiger partial charge in [0, 0.05) is 13.1 Å². The average molecular weight is 202 g/mol. The summed E-state index contributed by atoms with van der Waals surface area (Å²) >= 11 is 0. The molecule has 2 unspecified atom stereocenters. The quantitative estimate of drug-likeness (QED) is 0.615. The van der Waals surface area contributed by atoms with Crippen LogP contribution in [-0.4, -0.2) is 49.3 Å². The van der Waals surface area contributed by atoms with Crippen molar-refractivity contribution in [2.45, 2.75) is 33.3 Å². The zero-order valence-electron chi connectivity index (χ0n) is 10.1. The third-order valence-corrected chi connectivity index (χ3v) is 2.29. The van der Waals surface area contributed by atoms with E-state index >= 15 is 0 Å². The minimum absolute atomic E-state index is 0.179. The molecule has 0 aliphatic carbocycles. The van der Waals surface area contributed by atoms with Crippen molar-refractivity contribution in [1.82, 2.24) is 10.2 Å². The van der Waals surface area contributed by atoms with Gasteiger partial charge in [-0.1, -0.05) is 13.8 Å². The smallest absolute Gasteiger partial charge is 0.0524 e. The normalized spacial score (nSPS) is 15.9. The second kappa shape index (κ2) is 8.21. The molecule has 3 heteroatoms. The zero-order chi connectivity index (χ0) is 11.0. The number of rotatable bonds is 8. The number of nitrogens with one attached hydrogen (secondary N) is 1. The molecule has 0 heterocycles. The Labute approximate surface area is 88.5 Å². The molecule has 0 aliphatic heterocycles. The number of aliphatic hydroxyl groups is 1. The van der Waals surface area contributed by atoms with Crippen LogP contribution >= 0.6 is 0 Å². The van der Waals surface area contributed by atoms with Crippen molar-refractivity contribution >= 4 is 0 Å². The minimum atomic E-state index is -0.179. The Bertz CT molecular complexity index is 128. The molecule has 0 rings (SSSR count). The van der Waals surface area contributed by atoms with Crippen molar-refractivity contribution in [3.63, 3.8) is 0 Å². The SMILES string of the molecule is CCNCC(C)CN(C)CCC(C)O. The van der Waals surface area contributed by atoms with Gasteiger partial charge in [0.15, 0.2) is 0 Å². The van der Waals surface area contributed by atoms with Crippen molar-refractivity contribution in [2.75, 3.05) is 33.2 Å². The zero-order valence-corrected chi connectivity index (χ0v) is 10.1. The molecule has 14 heavy (non-hydrogen) atoms. The lowest BCUT2D eigenvalue weighted by Crippen LogP contribution is -2.32. The molecule has 0 spiro atoms. The Morgan fingerprint density at radius 1 is 1.36 bits per heavy atom. The van der Waals surface area contributed by atoms with Gasteiger partial charge in [0.25, 0.3) is 0 Å². The average Bonchev–Trinajstić information content (AvgIpc) is 2.11. The van der Waals surface area contributed by atoms with Crippen LogP contribution in [-0.2, 0) is 0 Å². The van der Waals surface area contributed by atoms with Crippen molar-refractivity contribution in [3.05, 3.63) is 0 Å². The molecule has 86 valence electrons. The van der Waals surface area contributed by atoms with Crippen LogP contribution < -0.4 is 5.32 Å². The van der Waals surface area contributed by atoms with Gasteiger partial charge in [-0.15, -0.1) is 0 Å². The molecule has 3 nitrogen and oxygen atoms in total. The summed E-state index contributed by atoms with van der Waals surface area (Å²) in [6.45, 7) is 10.4. The van der Waals surface area contributed by atoms with Crippen LogP contribution in [0.25, 0.3) is 0 Å². The van der Waals surface area contributed by atoms with E-state index in [9.17, 15) is 0 Å². The van der Waals surface area contributed by atoms with Crippen LogP contribution in [0.15, 0.2) is 0 Å². The summed E-state index contributed by atoms with van der Waals surface area (Å²) in [6.07, 6.45) is 0.686. The lowest BCUT2D eigenvalue weighted by Gasteiger charge is -2.21. The van der Waals surface area contributed by atoms with Gasteiger partial charge < -0.3 is 15.3 Å². The maximum atomic E-state index is 9.14. The largest absolute Gasteiger partial charge is 0.393 e. The van der Waals surface area contributed by atoms with Crippen molar-refractivity contribution < 1.29 is 5.11 Å². The molecule has 0 aromatic rings. The van der Waals surface area contributed by atoms with Gasteiger partial charge in [-0.2, -0.15) is 0 Å². The first-order valence-corrected chi connectivity index (χ1v) is 5.63. The Morgan fingerprint density at radius 3 is 2.50 bits per heavy atom. The minimum Gasteiger partial charge on any atom is -0.393 e. The Morgan fingerprint density at radius 2 is 2.00 bits per heavy atom. The summed E-state index contributed by atoms with van der Waals surface area (Å²) in [5.41, 5.74) is 0. The summed E-state index contributed by atoms with van der Waals surface area (Å²) in [7, 11) is 2.12. The summed E-state index contributed by atoms with van der Waals surface area (Å²) in [5, 5.41) is 12.5. The van der Waals surface area contributed by atoms with E-state index in [1.54, 1.807) is 0 Å². The van der Waals surface area contributed by atoms with E-state index in [0.717, 1.165) is 32.6 Å². The summed E-state index contributed by atoms with van der Waals surface area (Å²) in [4.78, 5) is 2.29. The number of aliphatic hydroxyl groups excluding tert-OH is 1. The Kier molecular flexibility index (Phi) is 8.14. The van der Waals surface area contributed by atoms with Crippen LogP contribution in [0.5, 0.6) is 0 Å². The molecule has 0 aromatic heterocycles. The molecule has 0 bridgehead atoms. The lowest BCUT2D eigenvalue weighted by atomic mass is 10.1. The molecule has 2 atom stereocenters. The molecule has 0 amide bonds. The standard InChI is InChI=1S/C11H26N2O/c1-5-12-8-10(2)9-13(4)7-6-11(3)14/h10-12,14H,5-9H2,1-4H3. The molecular weight excluding hydrogens is 176 g/mol. The summed E-state index contributed by atoms with van der Waals surface area (Å²) in [5.74, 6) is 0.675. The topological polar surface area (TPSA) is 35.5 Å².